The molecule has 0 aliphatic carbocycles. The molecule has 3 nitrogen and oxygen atoms in total. The number of nitrogens with zero attached hydrogens (tertiary/aromatic N) is 1. The van der Waals surface area contributed by atoms with Crippen LogP contribution < -0.4 is 5.56 Å². The van der Waals surface area contributed by atoms with E-state index in [1.54, 1.807) is 25.1 Å². The number of aromatic nitrogens is 1. The Labute approximate surface area is 134 Å². The number of hydrogen-bond donors (Lipinski definition) is 0. The molecule has 4 heteroatoms. The molecule has 0 atom stereocenters. The maximum Gasteiger partial charge on any atom is 0.291 e. The van der Waals surface area contributed by atoms with Gasteiger partial charge in [0, 0.05) is 5.56 Å². The zero-order valence-electron chi connectivity index (χ0n) is 13.3. The van der Waals surface area contributed by atoms with Crippen LogP contribution in [0.4, 0.5) is 4.39 Å². The summed E-state index contributed by atoms with van der Waals surface area (Å²) < 4.78 is 21.1. The summed E-state index contributed by atoms with van der Waals surface area (Å²) in [4.78, 5) is 12.9. The number of benzene rings is 2. The number of aryl methyl sites for hydroxylation is 1. The van der Waals surface area contributed by atoms with E-state index in [-0.39, 0.29) is 16.7 Å². The maximum atomic E-state index is 14.1. The predicted molar refractivity (Wildman–Crippen MR) is 88.0 cm³/mol. The van der Waals surface area contributed by atoms with Crippen molar-refractivity contribution in [2.45, 2.75) is 26.3 Å². The largest absolute Gasteiger partial charge is 0.380 e. The molecule has 0 saturated carbocycles. The Morgan fingerprint density at radius 1 is 1.00 bits per heavy atom. The molecule has 0 aliphatic heterocycles. The van der Waals surface area contributed by atoms with E-state index in [0.29, 0.717) is 5.76 Å². The number of rotatable bonds is 3. The Morgan fingerprint density at radius 3 is 2.26 bits per heavy atom. The quantitative estimate of drug-likeness (QED) is 0.721. The third-order valence-electron chi connectivity index (χ3n) is 4.11. The van der Waals surface area contributed by atoms with Gasteiger partial charge in [-0.15, -0.1) is 0 Å². The first-order valence-electron chi connectivity index (χ1n) is 7.47. The molecule has 118 valence electrons. The third-order valence-corrected chi connectivity index (χ3v) is 4.11. The van der Waals surface area contributed by atoms with Crippen LogP contribution in [0.2, 0.25) is 0 Å². The predicted octanol–water partition coefficient (Wildman–Crippen LogP) is 4.34. The highest BCUT2D eigenvalue weighted by atomic mass is 19.1. The van der Waals surface area contributed by atoms with Crippen LogP contribution in [0, 0.1) is 12.7 Å². The van der Waals surface area contributed by atoms with Crippen LogP contribution in [0.25, 0.3) is 11.1 Å². The van der Waals surface area contributed by atoms with E-state index in [9.17, 15) is 9.18 Å². The molecular weight excluding hydrogens is 293 g/mol. The Morgan fingerprint density at radius 2 is 1.61 bits per heavy atom. The molecular formula is C19H18FNO2. The first-order valence-corrected chi connectivity index (χ1v) is 7.47. The average Bonchev–Trinajstić information content (AvgIpc) is 2.84. The third kappa shape index (κ3) is 2.50. The molecule has 0 spiro atoms. The van der Waals surface area contributed by atoms with Crippen LogP contribution in [0.1, 0.15) is 25.2 Å². The van der Waals surface area contributed by atoms with Gasteiger partial charge < -0.3 is 4.52 Å². The summed E-state index contributed by atoms with van der Waals surface area (Å²) in [7, 11) is 0. The maximum absolute atomic E-state index is 14.1. The normalized spacial score (nSPS) is 11.7. The fourth-order valence-corrected chi connectivity index (χ4v) is 2.78. The van der Waals surface area contributed by atoms with Crippen LogP contribution in [-0.2, 0) is 5.54 Å². The highest BCUT2D eigenvalue weighted by Crippen LogP contribution is 2.29. The Kier molecular flexibility index (Phi) is 3.68. The van der Waals surface area contributed by atoms with Gasteiger partial charge in [0.2, 0.25) is 0 Å². The molecule has 0 radical (unpaired) electrons. The second-order valence-corrected chi connectivity index (χ2v) is 6.03. The molecule has 1 aromatic heterocycles. The lowest BCUT2D eigenvalue weighted by atomic mass is 9.94. The summed E-state index contributed by atoms with van der Waals surface area (Å²) in [6, 6.07) is 15.9. The van der Waals surface area contributed by atoms with Gasteiger partial charge in [0.05, 0.1) is 5.56 Å². The second kappa shape index (κ2) is 5.54. The van der Waals surface area contributed by atoms with Crippen molar-refractivity contribution in [2.24, 2.45) is 0 Å². The van der Waals surface area contributed by atoms with Gasteiger partial charge in [-0.3, -0.25) is 4.79 Å². The smallest absolute Gasteiger partial charge is 0.291 e. The molecule has 0 saturated heterocycles. The fraction of sp³-hybridized carbons (Fsp3) is 0.211. The van der Waals surface area contributed by atoms with E-state index in [4.69, 9.17) is 4.52 Å². The van der Waals surface area contributed by atoms with E-state index >= 15 is 0 Å². The van der Waals surface area contributed by atoms with E-state index in [1.807, 2.05) is 44.2 Å². The lowest BCUT2D eigenvalue weighted by molar-refractivity contribution is 0.166. The monoisotopic (exact) mass is 311 g/mol. The van der Waals surface area contributed by atoms with Gasteiger partial charge in [-0.25, -0.2) is 4.39 Å². The van der Waals surface area contributed by atoms with Gasteiger partial charge in [-0.1, -0.05) is 48.5 Å². The first-order chi connectivity index (χ1) is 10.9. The summed E-state index contributed by atoms with van der Waals surface area (Å²) in [5.41, 5.74) is 0.470. The van der Waals surface area contributed by atoms with E-state index in [0.717, 1.165) is 5.56 Å². The number of halogens is 1. The Balaban J connectivity index is 2.20. The number of hydrogen-bond acceptors (Lipinski definition) is 2. The zero-order valence-corrected chi connectivity index (χ0v) is 13.3. The minimum absolute atomic E-state index is 0.265. The second-order valence-electron chi connectivity index (χ2n) is 6.03. The van der Waals surface area contributed by atoms with Gasteiger partial charge in [-0.2, -0.15) is 4.74 Å². The molecule has 2 aromatic carbocycles. The van der Waals surface area contributed by atoms with Crippen LogP contribution in [0.3, 0.4) is 0 Å². The zero-order chi connectivity index (χ0) is 16.6. The van der Waals surface area contributed by atoms with Crippen LogP contribution in [-0.4, -0.2) is 4.74 Å². The van der Waals surface area contributed by atoms with Crippen LogP contribution in [0.15, 0.2) is 63.9 Å². The molecule has 0 amide bonds. The highest BCUT2D eigenvalue weighted by Gasteiger charge is 2.30. The van der Waals surface area contributed by atoms with E-state index in [1.165, 1.54) is 10.8 Å². The lowest BCUT2D eigenvalue weighted by Gasteiger charge is -2.24. The Hall–Kier alpha value is -2.62. The lowest BCUT2D eigenvalue weighted by Crippen LogP contribution is -2.35. The summed E-state index contributed by atoms with van der Waals surface area (Å²) in [6.45, 7) is 5.48. The molecule has 0 bridgehead atoms. The van der Waals surface area contributed by atoms with Crippen molar-refractivity contribution in [3.05, 3.63) is 82.1 Å². The molecule has 3 rings (SSSR count). The molecule has 3 aromatic rings. The molecule has 23 heavy (non-hydrogen) atoms. The van der Waals surface area contributed by atoms with Crippen molar-refractivity contribution in [1.82, 2.24) is 4.74 Å². The molecule has 0 fully saturated rings. The molecule has 0 aliphatic rings. The standard InChI is InChI=1S/C19H18FNO2/c1-13-17(15-11-7-8-12-16(15)20)18(22)21(23-13)19(2,3)14-9-5-4-6-10-14/h4-12H,1-3H3. The highest BCUT2D eigenvalue weighted by molar-refractivity contribution is 5.65. The van der Waals surface area contributed by atoms with Crippen molar-refractivity contribution in [3.63, 3.8) is 0 Å². The SMILES string of the molecule is Cc1on(C(C)(C)c2ccccc2)c(=O)c1-c1ccccc1F. The summed E-state index contributed by atoms with van der Waals surface area (Å²) in [6.07, 6.45) is 0. The molecule has 0 N–H and O–H groups in total. The van der Waals surface area contributed by atoms with Gasteiger partial charge in [0.1, 0.15) is 17.1 Å². The van der Waals surface area contributed by atoms with Gasteiger partial charge >= 0.3 is 0 Å². The summed E-state index contributed by atoms with van der Waals surface area (Å²) >= 11 is 0. The summed E-state index contributed by atoms with van der Waals surface area (Å²) in [5, 5.41) is 0. The fourth-order valence-electron chi connectivity index (χ4n) is 2.78. The molecule has 1 heterocycles. The van der Waals surface area contributed by atoms with E-state index < -0.39 is 11.4 Å². The van der Waals surface area contributed by atoms with Gasteiger partial charge in [0.15, 0.2) is 0 Å². The van der Waals surface area contributed by atoms with Gasteiger partial charge in [-0.05, 0) is 32.4 Å². The van der Waals surface area contributed by atoms with Crippen molar-refractivity contribution in [2.75, 3.05) is 0 Å². The average molecular weight is 311 g/mol. The van der Waals surface area contributed by atoms with Crippen molar-refractivity contribution >= 4 is 0 Å². The first kappa shape index (κ1) is 15.3. The van der Waals surface area contributed by atoms with Crippen LogP contribution >= 0.6 is 0 Å². The minimum Gasteiger partial charge on any atom is -0.380 e. The summed E-state index contributed by atoms with van der Waals surface area (Å²) in [5.74, 6) is -0.0257. The van der Waals surface area contributed by atoms with Crippen molar-refractivity contribution < 1.29 is 8.91 Å². The molecule has 0 unspecified atom stereocenters. The van der Waals surface area contributed by atoms with Crippen molar-refractivity contribution in [3.8, 4) is 11.1 Å². The van der Waals surface area contributed by atoms with E-state index in [2.05, 4.69) is 0 Å². The van der Waals surface area contributed by atoms with Crippen LogP contribution in [0.5, 0.6) is 0 Å². The minimum atomic E-state index is -0.674. The Bertz CT molecular complexity index is 891. The topological polar surface area (TPSA) is 35.1 Å². The van der Waals surface area contributed by atoms with Gasteiger partial charge in [0.25, 0.3) is 5.56 Å². The van der Waals surface area contributed by atoms with Crippen molar-refractivity contribution in [1.29, 1.82) is 0 Å².